The second-order valence-electron chi connectivity index (χ2n) is 6.81. The highest BCUT2D eigenvalue weighted by Gasteiger charge is 2.42. The highest BCUT2D eigenvalue weighted by Crippen LogP contribution is 2.38. The Kier molecular flexibility index (Phi) is 6.15. The minimum Gasteiger partial charge on any atom is -0.496 e. The van der Waals surface area contributed by atoms with Crippen LogP contribution >= 0.6 is 0 Å². The zero-order valence-corrected chi connectivity index (χ0v) is 15.3. The predicted molar refractivity (Wildman–Crippen MR) is 98.1 cm³/mol. The summed E-state index contributed by atoms with van der Waals surface area (Å²) in [5.74, 6) is 1.83. The molecule has 2 fully saturated rings. The molecule has 0 saturated carbocycles. The number of rotatable bonds is 6. The summed E-state index contributed by atoms with van der Waals surface area (Å²) in [5, 5.41) is 3.41. The van der Waals surface area contributed by atoms with Crippen LogP contribution in [0, 0.1) is 5.41 Å². The van der Waals surface area contributed by atoms with Crippen LogP contribution in [0.3, 0.4) is 0 Å². The molecule has 6 nitrogen and oxygen atoms in total. The van der Waals surface area contributed by atoms with Crippen molar-refractivity contribution >= 4 is 5.96 Å². The van der Waals surface area contributed by atoms with Crippen LogP contribution in [0.15, 0.2) is 29.3 Å². The summed E-state index contributed by atoms with van der Waals surface area (Å²) < 4.78 is 16.7. The van der Waals surface area contributed by atoms with E-state index in [-0.39, 0.29) is 0 Å². The number of guanidine groups is 1. The molecule has 2 aliphatic rings. The lowest BCUT2D eigenvalue weighted by Gasteiger charge is -2.24. The van der Waals surface area contributed by atoms with Crippen molar-refractivity contribution in [2.24, 2.45) is 10.4 Å². The largest absolute Gasteiger partial charge is 0.496 e. The third-order valence-corrected chi connectivity index (χ3v) is 5.11. The highest BCUT2D eigenvalue weighted by molar-refractivity contribution is 5.80. The van der Waals surface area contributed by atoms with E-state index in [0.29, 0.717) is 18.6 Å². The van der Waals surface area contributed by atoms with E-state index in [1.807, 2.05) is 31.3 Å². The maximum Gasteiger partial charge on any atom is 0.193 e. The Morgan fingerprint density at radius 3 is 3.00 bits per heavy atom. The van der Waals surface area contributed by atoms with Crippen molar-refractivity contribution in [2.75, 3.05) is 53.6 Å². The second-order valence-corrected chi connectivity index (χ2v) is 6.81. The minimum atomic E-state index is 0.345. The number of ether oxygens (including phenoxy) is 3. The molecule has 2 heterocycles. The maximum absolute atomic E-state index is 5.78. The van der Waals surface area contributed by atoms with Gasteiger partial charge in [-0.2, -0.15) is 0 Å². The van der Waals surface area contributed by atoms with Crippen LogP contribution in [0.2, 0.25) is 0 Å². The fraction of sp³-hybridized carbons (Fsp3) is 0.632. The zero-order valence-electron chi connectivity index (χ0n) is 15.3. The fourth-order valence-corrected chi connectivity index (χ4v) is 3.66. The molecular weight excluding hydrogens is 318 g/mol. The smallest absolute Gasteiger partial charge is 0.193 e. The van der Waals surface area contributed by atoms with Gasteiger partial charge in [0.1, 0.15) is 5.75 Å². The van der Waals surface area contributed by atoms with E-state index in [1.54, 1.807) is 7.11 Å². The van der Waals surface area contributed by atoms with Gasteiger partial charge in [0.15, 0.2) is 5.96 Å². The molecule has 6 heteroatoms. The number of methoxy groups -OCH3 is 1. The van der Waals surface area contributed by atoms with Crippen molar-refractivity contribution < 1.29 is 14.2 Å². The van der Waals surface area contributed by atoms with Crippen LogP contribution in [0.1, 0.15) is 18.4 Å². The third kappa shape index (κ3) is 4.44. The Morgan fingerprint density at radius 1 is 1.36 bits per heavy atom. The molecule has 0 aliphatic carbocycles. The van der Waals surface area contributed by atoms with Gasteiger partial charge in [-0.1, -0.05) is 18.2 Å². The molecule has 1 atom stereocenters. The normalized spacial score (nSPS) is 23.4. The Balaban J connectivity index is 1.39. The summed E-state index contributed by atoms with van der Waals surface area (Å²) in [6.07, 6.45) is 2.36. The maximum atomic E-state index is 5.78. The Labute approximate surface area is 150 Å². The predicted octanol–water partition coefficient (Wildman–Crippen LogP) is 1.90. The van der Waals surface area contributed by atoms with Crippen molar-refractivity contribution in [2.45, 2.75) is 19.4 Å². The molecule has 1 N–H and O–H groups in total. The molecular formula is C19H29N3O3. The summed E-state index contributed by atoms with van der Waals surface area (Å²) in [5.41, 5.74) is 1.41. The quantitative estimate of drug-likeness (QED) is 0.484. The van der Waals surface area contributed by atoms with Gasteiger partial charge in [0.05, 0.1) is 26.9 Å². The van der Waals surface area contributed by atoms with E-state index in [0.717, 1.165) is 50.1 Å². The molecule has 1 aromatic carbocycles. The van der Waals surface area contributed by atoms with Gasteiger partial charge in [-0.15, -0.1) is 0 Å². The number of nitrogens with one attached hydrogen (secondary N) is 1. The van der Waals surface area contributed by atoms with Gasteiger partial charge >= 0.3 is 0 Å². The van der Waals surface area contributed by atoms with Crippen LogP contribution in [0.5, 0.6) is 5.75 Å². The van der Waals surface area contributed by atoms with E-state index in [4.69, 9.17) is 14.2 Å². The number of benzene rings is 1. The van der Waals surface area contributed by atoms with Crippen LogP contribution in [0.25, 0.3) is 0 Å². The van der Waals surface area contributed by atoms with Gasteiger partial charge < -0.3 is 24.4 Å². The van der Waals surface area contributed by atoms with Crippen LogP contribution < -0.4 is 10.1 Å². The summed E-state index contributed by atoms with van der Waals surface area (Å²) in [7, 11) is 3.52. The lowest BCUT2D eigenvalue weighted by Crippen LogP contribution is -2.42. The molecule has 2 saturated heterocycles. The van der Waals surface area contributed by atoms with E-state index in [2.05, 4.69) is 15.2 Å². The van der Waals surface area contributed by atoms with Gasteiger partial charge in [0.25, 0.3) is 0 Å². The Morgan fingerprint density at radius 2 is 2.24 bits per heavy atom. The molecule has 1 aromatic rings. The Bertz CT molecular complexity index is 585. The van der Waals surface area contributed by atoms with E-state index in [1.165, 1.54) is 12.8 Å². The van der Waals surface area contributed by atoms with Crippen molar-refractivity contribution in [3.63, 3.8) is 0 Å². The van der Waals surface area contributed by atoms with Gasteiger partial charge in [0.2, 0.25) is 0 Å². The molecule has 0 aromatic heterocycles. The molecule has 0 bridgehead atoms. The second kappa shape index (κ2) is 8.54. The first kappa shape index (κ1) is 18.0. The molecule has 138 valence electrons. The molecule has 0 radical (unpaired) electrons. The monoisotopic (exact) mass is 347 g/mol. The first-order valence-corrected chi connectivity index (χ1v) is 8.99. The number of aliphatic imine (C=N–C) groups is 1. The first-order chi connectivity index (χ1) is 12.3. The number of likely N-dealkylation sites (tertiary alicyclic amines) is 1. The lowest BCUT2D eigenvalue weighted by molar-refractivity contribution is 0.123. The van der Waals surface area contributed by atoms with Crippen LogP contribution in [-0.2, 0) is 16.1 Å². The number of hydrogen-bond acceptors (Lipinski definition) is 4. The topological polar surface area (TPSA) is 55.3 Å². The summed E-state index contributed by atoms with van der Waals surface area (Å²) in [6.45, 7) is 5.79. The van der Waals surface area contributed by atoms with Crippen molar-refractivity contribution in [3.05, 3.63) is 29.8 Å². The van der Waals surface area contributed by atoms with Gasteiger partial charge in [-0.05, 0) is 18.9 Å². The third-order valence-electron chi connectivity index (χ3n) is 5.11. The summed E-state index contributed by atoms with van der Waals surface area (Å²) >= 11 is 0. The summed E-state index contributed by atoms with van der Waals surface area (Å²) in [4.78, 5) is 6.77. The molecule has 2 aliphatic heterocycles. The summed E-state index contributed by atoms with van der Waals surface area (Å²) in [6, 6.07) is 7.94. The van der Waals surface area contributed by atoms with Crippen LogP contribution in [-0.4, -0.2) is 64.5 Å². The van der Waals surface area contributed by atoms with Crippen molar-refractivity contribution in [1.82, 2.24) is 10.2 Å². The van der Waals surface area contributed by atoms with Crippen molar-refractivity contribution in [3.8, 4) is 5.75 Å². The molecule has 0 amide bonds. The highest BCUT2D eigenvalue weighted by atomic mass is 16.5. The number of nitrogens with zero attached hydrogens (tertiary/aromatic N) is 2. The van der Waals surface area contributed by atoms with E-state index >= 15 is 0 Å². The zero-order chi connectivity index (χ0) is 17.5. The number of para-hydroxylation sites is 1. The van der Waals surface area contributed by atoms with E-state index < -0.39 is 0 Å². The van der Waals surface area contributed by atoms with Gasteiger partial charge in [-0.25, -0.2) is 0 Å². The lowest BCUT2D eigenvalue weighted by atomic mass is 9.87. The van der Waals surface area contributed by atoms with E-state index in [9.17, 15) is 0 Å². The van der Waals surface area contributed by atoms with Crippen LogP contribution in [0.4, 0.5) is 0 Å². The average Bonchev–Trinajstić information content (AvgIpc) is 3.28. The molecule has 25 heavy (non-hydrogen) atoms. The standard InChI is InChI=1S/C19H29N3O3/c1-20-18(22-10-7-19(14-22)8-11-25-15-19)21-9-12-24-13-16-5-3-4-6-17(16)23-2/h3-6H,7-15H2,1-2H3,(H,20,21). The fourth-order valence-electron chi connectivity index (χ4n) is 3.66. The van der Waals surface area contributed by atoms with Gasteiger partial charge in [0, 0.05) is 44.3 Å². The number of hydrogen-bond donors (Lipinski definition) is 1. The SMILES string of the molecule is CN=C(NCCOCc1ccccc1OC)N1CCC2(CCOC2)C1. The Hall–Kier alpha value is -1.79. The van der Waals surface area contributed by atoms with Crippen molar-refractivity contribution in [1.29, 1.82) is 0 Å². The van der Waals surface area contributed by atoms with Gasteiger partial charge in [-0.3, -0.25) is 4.99 Å². The minimum absolute atomic E-state index is 0.345. The molecule has 3 rings (SSSR count). The first-order valence-electron chi connectivity index (χ1n) is 8.99. The molecule has 1 spiro atoms. The molecule has 1 unspecified atom stereocenters. The average molecular weight is 347 g/mol.